The molecule has 0 radical (unpaired) electrons. The fraction of sp³-hybridized carbons (Fsp3) is 0.368. The maximum atomic E-state index is 12.3. The van der Waals surface area contributed by atoms with Crippen LogP contribution < -0.4 is 5.56 Å². The van der Waals surface area contributed by atoms with Gasteiger partial charge in [0.2, 0.25) is 0 Å². The van der Waals surface area contributed by atoms with Crippen molar-refractivity contribution in [3.63, 3.8) is 0 Å². The van der Waals surface area contributed by atoms with E-state index in [1.165, 1.54) is 29.7 Å². The summed E-state index contributed by atoms with van der Waals surface area (Å²) in [5.41, 5.74) is 3.27. The van der Waals surface area contributed by atoms with E-state index in [2.05, 4.69) is 35.2 Å². The molecule has 124 valence electrons. The molecular weight excluding hydrogens is 318 g/mol. The van der Waals surface area contributed by atoms with E-state index >= 15 is 0 Å². The molecule has 5 heteroatoms. The fourth-order valence-electron chi connectivity index (χ4n) is 3.61. The lowest BCUT2D eigenvalue weighted by Gasteiger charge is -2.24. The third-order valence-electron chi connectivity index (χ3n) is 4.81. The second-order valence-corrected chi connectivity index (χ2v) is 7.37. The maximum absolute atomic E-state index is 12.3. The van der Waals surface area contributed by atoms with Crippen LogP contribution in [0.15, 0.2) is 46.6 Å². The molecule has 1 aliphatic heterocycles. The van der Waals surface area contributed by atoms with Crippen molar-refractivity contribution in [1.29, 1.82) is 0 Å². The molecule has 4 rings (SSSR count). The van der Waals surface area contributed by atoms with Crippen molar-refractivity contribution in [3.05, 3.63) is 69.1 Å². The lowest BCUT2D eigenvalue weighted by Crippen LogP contribution is -2.31. The van der Waals surface area contributed by atoms with Crippen molar-refractivity contribution in [2.45, 2.75) is 38.8 Å². The summed E-state index contributed by atoms with van der Waals surface area (Å²) in [6.07, 6.45) is 3.51. The molecule has 0 bridgehead atoms. The summed E-state index contributed by atoms with van der Waals surface area (Å²) in [4.78, 5) is 20.3. The Morgan fingerprint density at radius 3 is 2.96 bits per heavy atom. The minimum atomic E-state index is 0.0348. The third kappa shape index (κ3) is 3.01. The van der Waals surface area contributed by atoms with Gasteiger partial charge in [-0.15, -0.1) is 11.3 Å². The molecule has 3 aromatic rings. The molecule has 0 unspecified atom stereocenters. The van der Waals surface area contributed by atoms with Gasteiger partial charge in [-0.05, 0) is 38.3 Å². The average Bonchev–Trinajstić information content (AvgIpc) is 3.16. The minimum absolute atomic E-state index is 0.0348. The van der Waals surface area contributed by atoms with Gasteiger partial charge < -0.3 is 0 Å². The quantitative estimate of drug-likeness (QED) is 0.732. The lowest BCUT2D eigenvalue weighted by atomic mass is 10.0. The van der Waals surface area contributed by atoms with Crippen molar-refractivity contribution in [3.8, 4) is 0 Å². The van der Waals surface area contributed by atoms with Gasteiger partial charge in [0, 0.05) is 29.7 Å². The molecule has 1 atom stereocenters. The first-order valence-corrected chi connectivity index (χ1v) is 9.33. The van der Waals surface area contributed by atoms with Crippen molar-refractivity contribution >= 4 is 16.3 Å². The summed E-state index contributed by atoms with van der Waals surface area (Å²) in [5, 5.41) is 1.99. The van der Waals surface area contributed by atoms with Crippen LogP contribution in [0, 0.1) is 6.92 Å². The Kier molecular flexibility index (Phi) is 4.21. The van der Waals surface area contributed by atoms with Gasteiger partial charge in [-0.1, -0.05) is 30.3 Å². The van der Waals surface area contributed by atoms with E-state index in [4.69, 9.17) is 4.98 Å². The van der Waals surface area contributed by atoms with Crippen LogP contribution in [0.4, 0.5) is 0 Å². The van der Waals surface area contributed by atoms with Crippen LogP contribution in [0.1, 0.15) is 29.8 Å². The second-order valence-electron chi connectivity index (χ2n) is 6.54. The summed E-state index contributed by atoms with van der Waals surface area (Å²) in [6, 6.07) is 12.9. The first-order valence-electron chi connectivity index (χ1n) is 8.45. The summed E-state index contributed by atoms with van der Waals surface area (Å²) in [7, 11) is 0. The number of hydrogen-bond donors (Lipinski definition) is 0. The van der Waals surface area contributed by atoms with E-state index in [0.29, 0.717) is 6.04 Å². The Bertz CT molecular complexity index is 900. The van der Waals surface area contributed by atoms with Crippen molar-refractivity contribution in [2.75, 3.05) is 6.54 Å². The molecule has 4 nitrogen and oxygen atoms in total. The van der Waals surface area contributed by atoms with Crippen LogP contribution in [-0.2, 0) is 13.0 Å². The van der Waals surface area contributed by atoms with Crippen LogP contribution in [0.5, 0.6) is 0 Å². The predicted octanol–water partition coefficient (Wildman–Crippen LogP) is 3.27. The summed E-state index contributed by atoms with van der Waals surface area (Å²) in [6.45, 7) is 3.80. The Hall–Kier alpha value is -1.98. The van der Waals surface area contributed by atoms with E-state index in [1.54, 1.807) is 10.5 Å². The van der Waals surface area contributed by atoms with Crippen LogP contribution >= 0.6 is 11.3 Å². The van der Waals surface area contributed by atoms with Crippen molar-refractivity contribution in [1.82, 2.24) is 14.3 Å². The van der Waals surface area contributed by atoms with E-state index in [-0.39, 0.29) is 5.56 Å². The number of likely N-dealkylation sites (tertiary alicyclic amines) is 1. The van der Waals surface area contributed by atoms with E-state index in [0.717, 1.165) is 35.9 Å². The van der Waals surface area contributed by atoms with Gasteiger partial charge in [-0.25, -0.2) is 4.98 Å². The second kappa shape index (κ2) is 6.49. The van der Waals surface area contributed by atoms with Crippen LogP contribution in [0.3, 0.4) is 0 Å². The number of benzene rings is 1. The number of thiazole rings is 1. The molecule has 0 saturated carbocycles. The van der Waals surface area contributed by atoms with Crippen LogP contribution in [0.2, 0.25) is 0 Å². The maximum Gasteiger partial charge on any atom is 0.259 e. The molecule has 1 saturated heterocycles. The standard InChI is InChI=1S/C19H21N3OS/c1-14-13-24-19-20-16(11-18(23)22(14)19)12-21-9-5-8-17(21)10-15-6-3-2-4-7-15/h2-4,6-7,11,13,17H,5,8-10,12H2,1H3/t17-/m0/s1. The summed E-state index contributed by atoms with van der Waals surface area (Å²) >= 11 is 1.54. The highest BCUT2D eigenvalue weighted by Gasteiger charge is 2.25. The predicted molar refractivity (Wildman–Crippen MR) is 97.7 cm³/mol. The first-order chi connectivity index (χ1) is 11.7. The topological polar surface area (TPSA) is 37.6 Å². The first kappa shape index (κ1) is 15.5. The number of aromatic nitrogens is 2. The molecule has 24 heavy (non-hydrogen) atoms. The highest BCUT2D eigenvalue weighted by molar-refractivity contribution is 7.15. The fourth-order valence-corrected chi connectivity index (χ4v) is 4.50. The molecule has 0 spiro atoms. The summed E-state index contributed by atoms with van der Waals surface area (Å²) in [5.74, 6) is 0. The largest absolute Gasteiger partial charge is 0.294 e. The minimum Gasteiger partial charge on any atom is -0.294 e. The Labute approximate surface area is 145 Å². The van der Waals surface area contributed by atoms with Gasteiger partial charge in [0.05, 0.1) is 5.69 Å². The molecule has 2 aromatic heterocycles. The monoisotopic (exact) mass is 339 g/mol. The van der Waals surface area contributed by atoms with Gasteiger partial charge in [0.25, 0.3) is 5.56 Å². The lowest BCUT2D eigenvalue weighted by molar-refractivity contribution is 0.241. The number of fused-ring (bicyclic) bond motifs is 1. The molecule has 0 N–H and O–H groups in total. The van der Waals surface area contributed by atoms with Crippen molar-refractivity contribution in [2.24, 2.45) is 0 Å². The SMILES string of the molecule is Cc1csc2nc(CN3CCC[C@H]3Cc3ccccc3)cc(=O)n12. The van der Waals surface area contributed by atoms with Gasteiger partial charge in [0.1, 0.15) is 0 Å². The number of aryl methyl sites for hydroxylation is 1. The van der Waals surface area contributed by atoms with E-state index < -0.39 is 0 Å². The Morgan fingerprint density at radius 1 is 1.29 bits per heavy atom. The number of rotatable bonds is 4. The third-order valence-corrected chi connectivity index (χ3v) is 5.75. The van der Waals surface area contributed by atoms with Crippen LogP contribution in [-0.4, -0.2) is 26.9 Å². The van der Waals surface area contributed by atoms with Crippen molar-refractivity contribution < 1.29 is 0 Å². The molecule has 3 heterocycles. The normalized spacial score (nSPS) is 18.5. The highest BCUT2D eigenvalue weighted by atomic mass is 32.1. The average molecular weight is 339 g/mol. The number of nitrogens with zero attached hydrogens (tertiary/aromatic N) is 3. The van der Waals surface area contributed by atoms with E-state index in [9.17, 15) is 4.79 Å². The molecule has 0 amide bonds. The molecular formula is C19H21N3OS. The zero-order valence-electron chi connectivity index (χ0n) is 13.8. The van der Waals surface area contributed by atoms with Gasteiger partial charge in [0.15, 0.2) is 4.96 Å². The molecule has 1 aliphatic rings. The van der Waals surface area contributed by atoms with Crippen LogP contribution in [0.25, 0.3) is 4.96 Å². The van der Waals surface area contributed by atoms with Gasteiger partial charge >= 0.3 is 0 Å². The zero-order valence-corrected chi connectivity index (χ0v) is 14.6. The molecule has 1 aromatic carbocycles. The van der Waals surface area contributed by atoms with E-state index in [1.807, 2.05) is 12.3 Å². The Morgan fingerprint density at radius 2 is 2.12 bits per heavy atom. The smallest absolute Gasteiger partial charge is 0.259 e. The summed E-state index contributed by atoms with van der Waals surface area (Å²) < 4.78 is 1.69. The zero-order chi connectivity index (χ0) is 16.5. The van der Waals surface area contributed by atoms with Gasteiger partial charge in [-0.3, -0.25) is 14.1 Å². The Balaban J connectivity index is 1.54. The molecule has 0 aliphatic carbocycles. The highest BCUT2D eigenvalue weighted by Crippen LogP contribution is 2.23. The molecule has 1 fully saturated rings. The number of hydrogen-bond acceptors (Lipinski definition) is 4. The van der Waals surface area contributed by atoms with Gasteiger partial charge in [-0.2, -0.15) is 0 Å².